The van der Waals surface area contributed by atoms with Crippen LogP contribution >= 0.6 is 11.8 Å². The highest BCUT2D eigenvalue weighted by atomic mass is 32.2. The zero-order valence-electron chi connectivity index (χ0n) is 17.7. The molecule has 2 aromatic carbocycles. The number of hydrogen-bond acceptors (Lipinski definition) is 5. The number of rotatable bonds is 8. The van der Waals surface area contributed by atoms with Crippen LogP contribution < -0.4 is 14.8 Å². The van der Waals surface area contributed by atoms with E-state index in [9.17, 15) is 9.59 Å². The van der Waals surface area contributed by atoms with Gasteiger partial charge in [-0.1, -0.05) is 6.07 Å². The number of carbonyl (C=O) groups excluding carboxylic acids is 2. The van der Waals surface area contributed by atoms with Crippen molar-refractivity contribution in [2.45, 2.75) is 32.1 Å². The summed E-state index contributed by atoms with van der Waals surface area (Å²) in [5.41, 5.74) is 3.13. The highest BCUT2D eigenvalue weighted by Gasteiger charge is 2.17. The van der Waals surface area contributed by atoms with Crippen molar-refractivity contribution in [1.29, 1.82) is 0 Å². The Hall–Kier alpha value is -2.67. The van der Waals surface area contributed by atoms with Gasteiger partial charge < -0.3 is 19.7 Å². The Kier molecular flexibility index (Phi) is 7.63. The quantitative estimate of drug-likeness (QED) is 0.643. The number of nitrogens with zero attached hydrogens (tertiary/aromatic N) is 1. The summed E-state index contributed by atoms with van der Waals surface area (Å²) < 4.78 is 11.0. The molecule has 30 heavy (non-hydrogen) atoms. The lowest BCUT2D eigenvalue weighted by molar-refractivity contribution is -0.134. The van der Waals surface area contributed by atoms with Gasteiger partial charge in [-0.3, -0.25) is 9.59 Å². The van der Waals surface area contributed by atoms with E-state index < -0.39 is 0 Å². The summed E-state index contributed by atoms with van der Waals surface area (Å²) in [6.45, 7) is 7.58. The lowest BCUT2D eigenvalue weighted by Crippen LogP contribution is -2.38. The van der Waals surface area contributed by atoms with Gasteiger partial charge in [-0.05, 0) is 56.2 Å². The van der Waals surface area contributed by atoms with Crippen LogP contribution in [0.3, 0.4) is 0 Å². The highest BCUT2D eigenvalue weighted by Crippen LogP contribution is 2.32. The number of carbonyl (C=O) groups is 2. The van der Waals surface area contributed by atoms with E-state index in [-0.39, 0.29) is 18.4 Å². The van der Waals surface area contributed by atoms with Crippen molar-refractivity contribution >= 4 is 29.3 Å². The predicted octanol–water partition coefficient (Wildman–Crippen LogP) is 4.04. The van der Waals surface area contributed by atoms with Crippen LogP contribution in [0.5, 0.6) is 11.5 Å². The molecule has 0 radical (unpaired) electrons. The Morgan fingerprint density at radius 2 is 1.80 bits per heavy atom. The van der Waals surface area contributed by atoms with Crippen molar-refractivity contribution in [3.63, 3.8) is 0 Å². The average molecular weight is 429 g/mol. The molecule has 0 aromatic heterocycles. The minimum Gasteiger partial charge on any atom is -0.486 e. The predicted molar refractivity (Wildman–Crippen MR) is 120 cm³/mol. The molecule has 0 spiro atoms. The van der Waals surface area contributed by atoms with Gasteiger partial charge in [0.1, 0.15) is 13.2 Å². The third-order valence-electron chi connectivity index (χ3n) is 4.96. The molecular formula is C23H28N2O4S. The molecule has 0 aliphatic carbocycles. The summed E-state index contributed by atoms with van der Waals surface area (Å²) >= 11 is 1.66. The van der Waals surface area contributed by atoms with Gasteiger partial charge in [-0.15, -0.1) is 11.8 Å². The monoisotopic (exact) mass is 428 g/mol. The Labute approximate surface area is 181 Å². The molecule has 0 saturated carbocycles. The zero-order valence-corrected chi connectivity index (χ0v) is 18.5. The molecular weight excluding hydrogens is 400 g/mol. The van der Waals surface area contributed by atoms with Crippen LogP contribution in [0, 0.1) is 13.8 Å². The average Bonchev–Trinajstić information content (AvgIpc) is 2.74. The van der Waals surface area contributed by atoms with E-state index in [1.54, 1.807) is 34.9 Å². The molecule has 1 aliphatic rings. The topological polar surface area (TPSA) is 67.9 Å². The minimum atomic E-state index is -0.233. The van der Waals surface area contributed by atoms with E-state index in [1.165, 1.54) is 11.1 Å². The van der Waals surface area contributed by atoms with Crippen LogP contribution in [0.1, 0.15) is 24.5 Å². The molecule has 3 rings (SSSR count). The smallest absolute Gasteiger partial charge is 0.243 e. The first-order valence-electron chi connectivity index (χ1n) is 10.1. The second-order valence-corrected chi connectivity index (χ2v) is 8.33. The maximum absolute atomic E-state index is 12.6. The lowest BCUT2D eigenvalue weighted by Gasteiger charge is -2.21. The molecule has 160 valence electrons. The van der Waals surface area contributed by atoms with Crippen molar-refractivity contribution in [3.8, 4) is 11.5 Å². The number of amides is 2. The molecule has 0 fully saturated rings. The summed E-state index contributed by atoms with van der Waals surface area (Å²) in [6, 6.07) is 11.6. The molecule has 6 nitrogen and oxygen atoms in total. The van der Waals surface area contributed by atoms with E-state index in [1.807, 2.05) is 6.92 Å². The number of benzene rings is 2. The molecule has 2 amide bonds. The van der Waals surface area contributed by atoms with Crippen LogP contribution in [0.2, 0.25) is 0 Å². The Morgan fingerprint density at radius 3 is 2.53 bits per heavy atom. The van der Waals surface area contributed by atoms with E-state index in [0.29, 0.717) is 49.1 Å². The lowest BCUT2D eigenvalue weighted by atomic mass is 10.1. The number of likely N-dealkylation sites (N-methyl/N-ethyl adjacent to an activating group) is 1. The fraction of sp³-hybridized carbons (Fsp3) is 0.391. The van der Waals surface area contributed by atoms with Gasteiger partial charge in [0, 0.05) is 35.4 Å². The van der Waals surface area contributed by atoms with Crippen molar-refractivity contribution in [2.75, 3.05) is 37.4 Å². The number of hydrogen-bond donors (Lipinski definition) is 1. The number of nitrogens with one attached hydrogen (secondary N) is 1. The third kappa shape index (κ3) is 5.92. The van der Waals surface area contributed by atoms with Gasteiger partial charge >= 0.3 is 0 Å². The van der Waals surface area contributed by atoms with E-state index in [4.69, 9.17) is 9.47 Å². The molecule has 0 bridgehead atoms. The first-order chi connectivity index (χ1) is 14.5. The zero-order chi connectivity index (χ0) is 21.5. The first-order valence-corrected chi connectivity index (χ1v) is 11.1. The Balaban J connectivity index is 1.48. The SMILES string of the molecule is CCN(CC(=O)Nc1ccc2c(c1)OCCO2)C(=O)CCSc1ccc(C)c(C)c1. The van der Waals surface area contributed by atoms with Crippen molar-refractivity contribution in [1.82, 2.24) is 4.90 Å². The normalized spacial score (nSPS) is 12.4. The number of thioether (sulfide) groups is 1. The van der Waals surface area contributed by atoms with Crippen LogP contribution in [-0.4, -0.2) is 48.8 Å². The summed E-state index contributed by atoms with van der Waals surface area (Å²) in [7, 11) is 0. The number of ether oxygens (including phenoxy) is 2. The minimum absolute atomic E-state index is 0.0221. The molecule has 1 heterocycles. The fourth-order valence-electron chi connectivity index (χ4n) is 3.09. The number of aryl methyl sites for hydroxylation is 2. The van der Waals surface area contributed by atoms with Gasteiger partial charge in [0.2, 0.25) is 11.8 Å². The molecule has 0 atom stereocenters. The van der Waals surface area contributed by atoms with Crippen LogP contribution in [0.4, 0.5) is 5.69 Å². The maximum Gasteiger partial charge on any atom is 0.243 e. The second-order valence-electron chi connectivity index (χ2n) is 7.16. The Bertz CT molecular complexity index is 916. The van der Waals surface area contributed by atoms with Crippen molar-refractivity contribution < 1.29 is 19.1 Å². The van der Waals surface area contributed by atoms with Crippen molar-refractivity contribution in [3.05, 3.63) is 47.5 Å². The van der Waals surface area contributed by atoms with E-state index in [2.05, 4.69) is 37.4 Å². The Morgan fingerprint density at radius 1 is 1.03 bits per heavy atom. The summed E-state index contributed by atoms with van der Waals surface area (Å²) in [5, 5.41) is 2.83. The maximum atomic E-state index is 12.6. The third-order valence-corrected chi connectivity index (χ3v) is 5.95. The van der Waals surface area contributed by atoms with Crippen LogP contribution in [0.15, 0.2) is 41.3 Å². The van der Waals surface area contributed by atoms with Gasteiger partial charge in [0.05, 0.1) is 6.54 Å². The summed E-state index contributed by atoms with van der Waals surface area (Å²) in [4.78, 5) is 27.7. The standard InChI is InChI=1S/C23H28N2O4S/c1-4-25(23(27)9-12-30-19-7-5-16(2)17(3)13-19)15-22(26)24-18-6-8-20-21(14-18)29-11-10-28-20/h5-8,13-14H,4,9-12,15H2,1-3H3,(H,24,26). The van der Waals surface area contributed by atoms with E-state index in [0.717, 1.165) is 4.90 Å². The van der Waals surface area contributed by atoms with Gasteiger partial charge in [0.25, 0.3) is 0 Å². The van der Waals surface area contributed by atoms with Crippen LogP contribution in [0.25, 0.3) is 0 Å². The highest BCUT2D eigenvalue weighted by molar-refractivity contribution is 7.99. The molecule has 1 N–H and O–H groups in total. The fourth-order valence-corrected chi connectivity index (χ4v) is 4.03. The van der Waals surface area contributed by atoms with Gasteiger partial charge in [0.15, 0.2) is 11.5 Å². The largest absolute Gasteiger partial charge is 0.486 e. The molecule has 7 heteroatoms. The van der Waals surface area contributed by atoms with Gasteiger partial charge in [-0.2, -0.15) is 0 Å². The summed E-state index contributed by atoms with van der Waals surface area (Å²) in [6.07, 6.45) is 0.392. The van der Waals surface area contributed by atoms with E-state index >= 15 is 0 Å². The molecule has 0 unspecified atom stereocenters. The second kappa shape index (κ2) is 10.4. The molecule has 1 aliphatic heterocycles. The molecule has 2 aromatic rings. The molecule has 0 saturated heterocycles. The summed E-state index contributed by atoms with van der Waals surface area (Å²) in [5.74, 6) is 1.72. The number of anilines is 1. The van der Waals surface area contributed by atoms with Gasteiger partial charge in [-0.25, -0.2) is 0 Å². The first kappa shape index (κ1) is 22.0. The van der Waals surface area contributed by atoms with Crippen LogP contribution in [-0.2, 0) is 9.59 Å². The van der Waals surface area contributed by atoms with Crippen molar-refractivity contribution in [2.24, 2.45) is 0 Å². The number of fused-ring (bicyclic) bond motifs is 1.